The van der Waals surface area contributed by atoms with E-state index in [-0.39, 0.29) is 35.5 Å². The topological polar surface area (TPSA) is 96.0 Å². The number of amides is 2. The van der Waals surface area contributed by atoms with E-state index in [9.17, 15) is 18.0 Å². The SMILES string of the molecule is CCOc1ccccc1N(CC(=O)N(Cc1ccc(Cl)cc1Cl)C(C)C(=O)NC(C)C)S(=O)(=O)c1ccc(Cl)cc1. The molecule has 2 amide bonds. The predicted molar refractivity (Wildman–Crippen MR) is 163 cm³/mol. The monoisotopic (exact) mass is 639 g/mol. The van der Waals surface area contributed by atoms with Crippen molar-refractivity contribution in [1.82, 2.24) is 10.2 Å². The Hall–Kier alpha value is -2.98. The first-order valence-electron chi connectivity index (χ1n) is 12.9. The first-order valence-corrected chi connectivity index (χ1v) is 15.5. The largest absolute Gasteiger partial charge is 0.492 e. The first kappa shape index (κ1) is 32.5. The minimum Gasteiger partial charge on any atom is -0.492 e. The van der Waals surface area contributed by atoms with E-state index in [2.05, 4.69) is 5.32 Å². The Balaban J connectivity index is 2.10. The molecule has 0 heterocycles. The van der Waals surface area contributed by atoms with Crippen molar-refractivity contribution < 1.29 is 22.7 Å². The first-order chi connectivity index (χ1) is 19.3. The number of hydrogen-bond acceptors (Lipinski definition) is 5. The van der Waals surface area contributed by atoms with E-state index < -0.39 is 34.4 Å². The number of ether oxygens (including phenoxy) is 1. The van der Waals surface area contributed by atoms with Crippen LogP contribution in [-0.2, 0) is 26.2 Å². The zero-order valence-electron chi connectivity index (χ0n) is 23.1. The van der Waals surface area contributed by atoms with Crippen LogP contribution in [0.3, 0.4) is 0 Å². The summed E-state index contributed by atoms with van der Waals surface area (Å²) in [5.74, 6) is -0.759. The molecule has 0 aromatic heterocycles. The summed E-state index contributed by atoms with van der Waals surface area (Å²) in [6.07, 6.45) is 0. The average molecular weight is 641 g/mol. The Morgan fingerprint density at radius 3 is 2.17 bits per heavy atom. The Bertz CT molecular complexity index is 1480. The van der Waals surface area contributed by atoms with Crippen LogP contribution in [0.1, 0.15) is 33.3 Å². The number of nitrogens with one attached hydrogen (secondary N) is 1. The normalized spacial score (nSPS) is 12.1. The highest BCUT2D eigenvalue weighted by atomic mass is 35.5. The van der Waals surface area contributed by atoms with E-state index in [1.165, 1.54) is 35.2 Å². The van der Waals surface area contributed by atoms with Crippen molar-refractivity contribution in [2.45, 2.75) is 51.2 Å². The number of carbonyl (C=O) groups excluding carboxylic acids is 2. The fraction of sp³-hybridized carbons (Fsp3) is 0.310. The van der Waals surface area contributed by atoms with Gasteiger partial charge in [0.15, 0.2) is 0 Å². The van der Waals surface area contributed by atoms with E-state index in [1.54, 1.807) is 64.1 Å². The molecule has 220 valence electrons. The number of anilines is 1. The lowest BCUT2D eigenvalue weighted by atomic mass is 10.1. The molecule has 1 atom stereocenters. The van der Waals surface area contributed by atoms with Gasteiger partial charge in [0.1, 0.15) is 18.3 Å². The molecule has 0 aliphatic heterocycles. The van der Waals surface area contributed by atoms with Gasteiger partial charge in [-0.15, -0.1) is 0 Å². The van der Waals surface area contributed by atoms with Crippen LogP contribution >= 0.6 is 34.8 Å². The average Bonchev–Trinajstić information content (AvgIpc) is 2.91. The van der Waals surface area contributed by atoms with Crippen LogP contribution in [-0.4, -0.2) is 50.4 Å². The molecule has 0 aliphatic carbocycles. The minimum absolute atomic E-state index is 0.0660. The van der Waals surface area contributed by atoms with Crippen LogP contribution < -0.4 is 14.4 Å². The van der Waals surface area contributed by atoms with E-state index in [0.717, 1.165) is 4.31 Å². The van der Waals surface area contributed by atoms with Crippen LogP contribution in [0, 0.1) is 0 Å². The smallest absolute Gasteiger partial charge is 0.264 e. The van der Waals surface area contributed by atoms with E-state index >= 15 is 0 Å². The molecule has 0 aliphatic rings. The van der Waals surface area contributed by atoms with Gasteiger partial charge < -0.3 is 15.0 Å². The lowest BCUT2D eigenvalue weighted by molar-refractivity contribution is -0.139. The van der Waals surface area contributed by atoms with E-state index in [0.29, 0.717) is 20.6 Å². The molecule has 0 fully saturated rings. The molecule has 0 saturated heterocycles. The third-order valence-corrected chi connectivity index (χ3v) is 8.68. The summed E-state index contributed by atoms with van der Waals surface area (Å²) >= 11 is 18.5. The third-order valence-electron chi connectivity index (χ3n) is 6.07. The van der Waals surface area contributed by atoms with Gasteiger partial charge in [-0.3, -0.25) is 13.9 Å². The maximum Gasteiger partial charge on any atom is 0.264 e. The van der Waals surface area contributed by atoms with Crippen molar-refractivity contribution >= 4 is 62.3 Å². The van der Waals surface area contributed by atoms with E-state index in [1.807, 2.05) is 0 Å². The zero-order valence-corrected chi connectivity index (χ0v) is 26.2. The predicted octanol–water partition coefficient (Wildman–Crippen LogP) is 6.18. The fourth-order valence-corrected chi connectivity index (χ4v) is 6.03. The zero-order chi connectivity index (χ0) is 30.3. The van der Waals surface area contributed by atoms with Gasteiger partial charge in [0, 0.05) is 27.7 Å². The number of hydrogen-bond donors (Lipinski definition) is 1. The highest BCUT2D eigenvalue weighted by Crippen LogP contribution is 2.33. The van der Waals surface area contributed by atoms with Gasteiger partial charge >= 0.3 is 0 Å². The number of sulfonamides is 1. The molecule has 0 bridgehead atoms. The summed E-state index contributed by atoms with van der Waals surface area (Å²) in [5, 5.41) is 3.88. The molecule has 1 unspecified atom stereocenters. The fourth-order valence-electron chi connectivity index (χ4n) is 4.01. The number of carbonyl (C=O) groups is 2. The van der Waals surface area contributed by atoms with Gasteiger partial charge in [0.2, 0.25) is 11.8 Å². The molecule has 3 rings (SSSR count). The molecule has 1 N–H and O–H groups in total. The maximum absolute atomic E-state index is 14.1. The van der Waals surface area contributed by atoms with Gasteiger partial charge in [0.05, 0.1) is 17.2 Å². The number of benzene rings is 3. The number of rotatable bonds is 12. The van der Waals surface area contributed by atoms with Crippen LogP contribution in [0.5, 0.6) is 5.75 Å². The number of nitrogens with zero attached hydrogens (tertiary/aromatic N) is 2. The Morgan fingerprint density at radius 2 is 1.56 bits per heavy atom. The molecule has 41 heavy (non-hydrogen) atoms. The number of para-hydroxylation sites is 2. The third kappa shape index (κ3) is 8.29. The highest BCUT2D eigenvalue weighted by Gasteiger charge is 2.34. The summed E-state index contributed by atoms with van der Waals surface area (Å²) in [6, 6.07) is 15.8. The van der Waals surface area contributed by atoms with Crippen molar-refractivity contribution in [3.8, 4) is 5.75 Å². The number of halogens is 3. The lowest BCUT2D eigenvalue weighted by Gasteiger charge is -2.33. The van der Waals surface area contributed by atoms with Crippen LogP contribution in [0.15, 0.2) is 71.6 Å². The Kier molecular flexibility index (Phi) is 11.3. The van der Waals surface area contributed by atoms with Crippen molar-refractivity contribution in [2.24, 2.45) is 0 Å². The summed E-state index contributed by atoms with van der Waals surface area (Å²) in [5.41, 5.74) is 0.705. The van der Waals surface area contributed by atoms with Gasteiger partial charge in [-0.25, -0.2) is 8.42 Å². The molecule has 3 aromatic carbocycles. The van der Waals surface area contributed by atoms with Gasteiger partial charge in [-0.1, -0.05) is 53.0 Å². The molecular formula is C29H32Cl3N3O5S. The molecular weight excluding hydrogens is 609 g/mol. The maximum atomic E-state index is 14.1. The standard InChI is InChI=1S/C29H32Cl3N3O5S/c1-5-40-27-9-7-6-8-26(27)35(41(38,39)24-14-12-22(30)13-15-24)18-28(36)34(20(4)29(37)33-19(2)3)17-21-10-11-23(31)16-25(21)32/h6-16,19-20H,5,17-18H2,1-4H3,(H,33,37). The summed E-state index contributed by atoms with van der Waals surface area (Å²) < 4.78 is 34.7. The summed E-state index contributed by atoms with van der Waals surface area (Å²) in [4.78, 5) is 28.3. The molecule has 3 aromatic rings. The van der Waals surface area contributed by atoms with Gasteiger partial charge in [-0.2, -0.15) is 0 Å². The second-order valence-electron chi connectivity index (χ2n) is 9.46. The quantitative estimate of drug-likeness (QED) is 0.255. The lowest BCUT2D eigenvalue weighted by Crippen LogP contribution is -2.52. The highest BCUT2D eigenvalue weighted by molar-refractivity contribution is 7.92. The Morgan fingerprint density at radius 1 is 0.927 bits per heavy atom. The summed E-state index contributed by atoms with van der Waals surface area (Å²) in [7, 11) is -4.29. The van der Waals surface area contributed by atoms with Crippen molar-refractivity contribution in [2.75, 3.05) is 17.5 Å². The second kappa shape index (κ2) is 14.3. The second-order valence-corrected chi connectivity index (χ2v) is 12.6. The summed E-state index contributed by atoms with van der Waals surface area (Å²) in [6.45, 7) is 6.53. The van der Waals surface area contributed by atoms with Crippen molar-refractivity contribution in [3.05, 3.63) is 87.4 Å². The molecule has 0 radical (unpaired) electrons. The van der Waals surface area contributed by atoms with Crippen LogP contribution in [0.25, 0.3) is 0 Å². The van der Waals surface area contributed by atoms with Crippen molar-refractivity contribution in [1.29, 1.82) is 0 Å². The molecule has 8 nitrogen and oxygen atoms in total. The van der Waals surface area contributed by atoms with Crippen LogP contribution in [0.4, 0.5) is 5.69 Å². The van der Waals surface area contributed by atoms with Crippen molar-refractivity contribution in [3.63, 3.8) is 0 Å². The molecule has 12 heteroatoms. The molecule has 0 saturated carbocycles. The molecule has 0 spiro atoms. The van der Waals surface area contributed by atoms with E-state index in [4.69, 9.17) is 39.5 Å². The minimum atomic E-state index is -4.29. The van der Waals surface area contributed by atoms with Gasteiger partial charge in [-0.05, 0) is 81.8 Å². The van der Waals surface area contributed by atoms with Crippen LogP contribution in [0.2, 0.25) is 15.1 Å². The van der Waals surface area contributed by atoms with Gasteiger partial charge in [0.25, 0.3) is 10.0 Å². The Labute approximate surface area is 256 Å².